The number of rotatable bonds is 1. The fourth-order valence-electron chi connectivity index (χ4n) is 0.113. The smallest absolute Gasteiger partial charge is 0.223 e. The Hall–Kier alpha value is -0.110. The molecule has 0 radical (unpaired) electrons. The van der Waals surface area contributed by atoms with Crippen LogP contribution in [0.25, 0.3) is 0 Å². The van der Waals surface area contributed by atoms with Gasteiger partial charge in [0, 0.05) is 0 Å². The van der Waals surface area contributed by atoms with E-state index in [1.165, 1.54) is 0 Å². The first-order valence-corrected chi connectivity index (χ1v) is 2.80. The molecule has 0 N–H and O–H groups in total. The lowest BCUT2D eigenvalue weighted by molar-refractivity contribution is -0.107. The molecule has 2 heteroatoms. The molecule has 0 heterocycles. The van der Waals surface area contributed by atoms with Gasteiger partial charge in [0.25, 0.3) is 0 Å². The van der Waals surface area contributed by atoms with Gasteiger partial charge in [0.2, 0.25) is 4.69 Å². The molecular weight excluding hydrogens is 156 g/mol. The van der Waals surface area contributed by atoms with Gasteiger partial charge < -0.3 is 0 Å². The summed E-state index contributed by atoms with van der Waals surface area (Å²) in [6, 6.07) is 0. The van der Waals surface area contributed by atoms with Crippen LogP contribution in [0.15, 0.2) is 11.6 Å². The van der Waals surface area contributed by atoms with E-state index in [2.05, 4.69) is 15.9 Å². The zero-order valence-corrected chi connectivity index (χ0v) is 5.95. The van der Waals surface area contributed by atoms with Gasteiger partial charge in [-0.05, 0) is 35.4 Å². The first kappa shape index (κ1) is 6.89. The number of hydrogen-bond donors (Lipinski definition) is 0. The van der Waals surface area contributed by atoms with Crippen LogP contribution < -0.4 is 0 Å². The summed E-state index contributed by atoms with van der Waals surface area (Å²) in [5.41, 5.74) is 0.750. The van der Waals surface area contributed by atoms with Crippen LogP contribution in [0.3, 0.4) is 0 Å². The molecule has 0 spiro atoms. The molecule has 0 unspecified atom stereocenters. The van der Waals surface area contributed by atoms with Crippen molar-refractivity contribution >= 4 is 20.6 Å². The molecule has 0 rings (SSSR count). The molecule has 0 saturated carbocycles. The van der Waals surface area contributed by atoms with E-state index in [9.17, 15) is 4.79 Å². The van der Waals surface area contributed by atoms with Gasteiger partial charge in [-0.2, -0.15) is 0 Å². The quantitative estimate of drug-likeness (QED) is 0.426. The maximum absolute atomic E-state index is 10.2. The van der Waals surface area contributed by atoms with E-state index in [1.807, 2.05) is 6.92 Å². The number of allylic oxidation sites excluding steroid dienone is 2. The van der Waals surface area contributed by atoms with Crippen LogP contribution in [-0.2, 0) is 4.79 Å². The summed E-state index contributed by atoms with van der Waals surface area (Å²) in [6.45, 7) is 3.59. The Balaban J connectivity index is 3.82. The zero-order chi connectivity index (χ0) is 5.86. The largest absolute Gasteiger partial charge is 0.281 e. The third kappa shape index (κ3) is 2.57. The van der Waals surface area contributed by atoms with E-state index in [4.69, 9.17) is 0 Å². The molecule has 0 fully saturated rings. The molecule has 40 valence electrons. The van der Waals surface area contributed by atoms with Crippen LogP contribution >= 0.6 is 15.9 Å². The van der Waals surface area contributed by atoms with Crippen LogP contribution in [0.1, 0.15) is 13.8 Å². The van der Waals surface area contributed by atoms with E-state index < -0.39 is 0 Å². The molecule has 0 aromatic heterocycles. The lowest BCUT2D eigenvalue weighted by Gasteiger charge is -1.83. The fourth-order valence-corrected chi connectivity index (χ4v) is 0.342. The highest BCUT2D eigenvalue weighted by molar-refractivity contribution is 9.18. The van der Waals surface area contributed by atoms with Gasteiger partial charge in [0.05, 0.1) is 0 Å². The van der Waals surface area contributed by atoms with Crippen molar-refractivity contribution in [3.8, 4) is 0 Å². The number of carbonyl (C=O) groups is 1. The highest BCUT2D eigenvalue weighted by Crippen LogP contribution is 1.98. The normalized spacial score (nSPS) is 11.6. The Labute approximate surface area is 51.5 Å². The molecule has 0 saturated heterocycles. The minimum Gasteiger partial charge on any atom is -0.281 e. The summed E-state index contributed by atoms with van der Waals surface area (Å²) in [4.78, 5) is 10.2. The predicted octanol–water partition coefficient (Wildman–Crippen LogP) is 1.87. The Kier molecular flexibility index (Phi) is 2.92. The Morgan fingerprint density at radius 3 is 2.14 bits per heavy atom. The second kappa shape index (κ2) is 2.97. The standard InChI is InChI=1S/C5H7BrO/c1-3-4(2)5(6)7/h3H,1-2H3/b4-3-. The summed E-state index contributed by atoms with van der Waals surface area (Å²) in [5.74, 6) is 0. The van der Waals surface area contributed by atoms with E-state index in [0.717, 1.165) is 5.57 Å². The summed E-state index contributed by atoms with van der Waals surface area (Å²) in [5, 5.41) is 0. The number of carbonyl (C=O) groups excluding carboxylic acids is 1. The van der Waals surface area contributed by atoms with Gasteiger partial charge in [-0.25, -0.2) is 0 Å². The van der Waals surface area contributed by atoms with Gasteiger partial charge in [0.1, 0.15) is 0 Å². The second-order valence-corrected chi connectivity index (χ2v) is 1.97. The molecule has 0 bridgehead atoms. The summed E-state index contributed by atoms with van der Waals surface area (Å²) < 4.78 is -0.0324. The minimum absolute atomic E-state index is 0.0324. The molecule has 7 heavy (non-hydrogen) atoms. The Bertz CT molecular complexity index is 105. The maximum atomic E-state index is 10.2. The van der Waals surface area contributed by atoms with Gasteiger partial charge in [0.15, 0.2) is 0 Å². The average molecular weight is 163 g/mol. The van der Waals surface area contributed by atoms with Crippen molar-refractivity contribution in [1.29, 1.82) is 0 Å². The Morgan fingerprint density at radius 1 is 1.71 bits per heavy atom. The zero-order valence-electron chi connectivity index (χ0n) is 4.36. The monoisotopic (exact) mass is 162 g/mol. The summed E-state index contributed by atoms with van der Waals surface area (Å²) >= 11 is 2.79. The third-order valence-electron chi connectivity index (χ3n) is 0.743. The molecule has 0 aromatic rings. The fraction of sp³-hybridized carbons (Fsp3) is 0.400. The number of halogens is 1. The van der Waals surface area contributed by atoms with Gasteiger partial charge >= 0.3 is 0 Å². The SMILES string of the molecule is C/C=C(/C)C(=O)Br. The Morgan fingerprint density at radius 2 is 2.14 bits per heavy atom. The van der Waals surface area contributed by atoms with Crippen molar-refractivity contribution in [3.63, 3.8) is 0 Å². The first-order chi connectivity index (χ1) is 3.18. The average Bonchev–Trinajstić information content (AvgIpc) is 1.65. The highest BCUT2D eigenvalue weighted by atomic mass is 79.9. The van der Waals surface area contributed by atoms with Crippen LogP contribution in [0.5, 0.6) is 0 Å². The van der Waals surface area contributed by atoms with E-state index >= 15 is 0 Å². The van der Waals surface area contributed by atoms with E-state index in [-0.39, 0.29) is 4.69 Å². The topological polar surface area (TPSA) is 17.1 Å². The van der Waals surface area contributed by atoms with Crippen molar-refractivity contribution in [2.45, 2.75) is 13.8 Å². The van der Waals surface area contributed by atoms with Crippen LogP contribution in [0.4, 0.5) is 0 Å². The van der Waals surface area contributed by atoms with Gasteiger partial charge in [-0.1, -0.05) is 6.08 Å². The van der Waals surface area contributed by atoms with Crippen molar-refractivity contribution < 1.29 is 4.79 Å². The molecule has 0 amide bonds. The molecule has 0 aliphatic carbocycles. The number of hydrogen-bond acceptors (Lipinski definition) is 1. The molecule has 0 aromatic carbocycles. The predicted molar refractivity (Wildman–Crippen MR) is 33.4 cm³/mol. The van der Waals surface area contributed by atoms with Crippen LogP contribution in [-0.4, -0.2) is 4.69 Å². The highest BCUT2D eigenvalue weighted by Gasteiger charge is 1.92. The molecule has 0 atom stereocenters. The van der Waals surface area contributed by atoms with Gasteiger partial charge in [-0.15, -0.1) is 0 Å². The molecule has 0 aliphatic rings. The molecule has 1 nitrogen and oxygen atoms in total. The summed E-state index contributed by atoms with van der Waals surface area (Å²) in [6.07, 6.45) is 1.76. The maximum Gasteiger partial charge on any atom is 0.223 e. The summed E-state index contributed by atoms with van der Waals surface area (Å²) in [7, 11) is 0. The van der Waals surface area contributed by atoms with Crippen molar-refractivity contribution in [1.82, 2.24) is 0 Å². The van der Waals surface area contributed by atoms with Crippen molar-refractivity contribution in [2.24, 2.45) is 0 Å². The van der Waals surface area contributed by atoms with Gasteiger partial charge in [-0.3, -0.25) is 4.79 Å². The lowest BCUT2D eigenvalue weighted by atomic mass is 10.3. The van der Waals surface area contributed by atoms with E-state index in [1.54, 1.807) is 13.0 Å². The lowest BCUT2D eigenvalue weighted by Crippen LogP contribution is -1.83. The van der Waals surface area contributed by atoms with Crippen LogP contribution in [0.2, 0.25) is 0 Å². The van der Waals surface area contributed by atoms with Crippen LogP contribution in [0, 0.1) is 0 Å². The third-order valence-corrected chi connectivity index (χ3v) is 1.37. The second-order valence-electron chi connectivity index (χ2n) is 1.25. The minimum atomic E-state index is -0.0324. The molecular formula is C5H7BrO. The molecule has 0 aliphatic heterocycles. The van der Waals surface area contributed by atoms with Crippen molar-refractivity contribution in [2.75, 3.05) is 0 Å². The van der Waals surface area contributed by atoms with Crippen molar-refractivity contribution in [3.05, 3.63) is 11.6 Å². The first-order valence-electron chi connectivity index (χ1n) is 2.01. The van der Waals surface area contributed by atoms with E-state index in [0.29, 0.717) is 0 Å².